The predicted molar refractivity (Wildman–Crippen MR) is 81.5 cm³/mol. The van der Waals surface area contributed by atoms with Gasteiger partial charge in [0.25, 0.3) is 0 Å². The molecule has 0 bridgehead atoms. The molecule has 0 aliphatic heterocycles. The van der Waals surface area contributed by atoms with Gasteiger partial charge in [0, 0.05) is 14.1 Å². The third-order valence-corrected chi connectivity index (χ3v) is 2.36. The Morgan fingerprint density at radius 1 is 1.37 bits per heavy atom. The Morgan fingerprint density at radius 2 is 2.05 bits per heavy atom. The number of anilines is 1. The first kappa shape index (κ1) is 14.6. The van der Waals surface area contributed by atoms with Crippen LogP contribution < -0.4 is 10.3 Å². The van der Waals surface area contributed by atoms with Gasteiger partial charge >= 0.3 is 0 Å². The van der Waals surface area contributed by atoms with Gasteiger partial charge in [0.1, 0.15) is 5.75 Å². The van der Waals surface area contributed by atoms with E-state index in [0.29, 0.717) is 0 Å². The van der Waals surface area contributed by atoms with Crippen molar-refractivity contribution >= 4 is 11.9 Å². The van der Waals surface area contributed by atoms with Crippen molar-refractivity contribution in [3.8, 4) is 5.75 Å². The molecule has 0 aliphatic rings. The average molecular weight is 257 g/mol. The summed E-state index contributed by atoms with van der Waals surface area (Å²) in [6.07, 6.45) is 9.03. The highest BCUT2D eigenvalue weighted by Gasteiger charge is 1.97. The van der Waals surface area contributed by atoms with Crippen LogP contribution >= 0.6 is 0 Å². The van der Waals surface area contributed by atoms with Crippen LogP contribution in [-0.2, 0) is 0 Å². The lowest BCUT2D eigenvalue weighted by atomic mass is 10.2. The standard InChI is InChI=1S/C15H19N3O/c1-4-5-13(10-11-16-2)12-17-18(3)14-6-8-15(19)9-7-14/h4-12,16,19H,1H2,2-3H3/b11-10-,13-5+,17-12+. The molecule has 0 fully saturated rings. The number of phenols is 1. The number of nitrogens with zero attached hydrogens (tertiary/aromatic N) is 2. The van der Waals surface area contributed by atoms with Crippen LogP contribution in [0, 0.1) is 0 Å². The zero-order valence-corrected chi connectivity index (χ0v) is 11.2. The first-order valence-electron chi connectivity index (χ1n) is 5.90. The molecule has 100 valence electrons. The van der Waals surface area contributed by atoms with E-state index in [1.165, 1.54) is 0 Å². The Labute approximate surface area is 114 Å². The zero-order valence-electron chi connectivity index (χ0n) is 11.2. The molecule has 0 unspecified atom stereocenters. The first-order valence-corrected chi connectivity index (χ1v) is 5.90. The number of hydrazone groups is 1. The van der Waals surface area contributed by atoms with Crippen LogP contribution in [0.25, 0.3) is 0 Å². The molecule has 0 heterocycles. The molecule has 0 atom stereocenters. The average Bonchev–Trinajstić information content (AvgIpc) is 2.42. The lowest BCUT2D eigenvalue weighted by Crippen LogP contribution is -2.08. The van der Waals surface area contributed by atoms with E-state index in [9.17, 15) is 5.11 Å². The second-order valence-electron chi connectivity index (χ2n) is 3.81. The molecule has 0 saturated carbocycles. The van der Waals surface area contributed by atoms with Gasteiger partial charge in [-0.05, 0) is 42.1 Å². The Balaban J connectivity index is 2.78. The van der Waals surface area contributed by atoms with E-state index in [4.69, 9.17) is 0 Å². The van der Waals surface area contributed by atoms with Crippen molar-refractivity contribution in [2.24, 2.45) is 5.10 Å². The van der Waals surface area contributed by atoms with E-state index in [0.717, 1.165) is 11.3 Å². The van der Waals surface area contributed by atoms with Crippen molar-refractivity contribution in [1.82, 2.24) is 5.32 Å². The number of aromatic hydroxyl groups is 1. The highest BCUT2D eigenvalue weighted by atomic mass is 16.3. The fourth-order valence-electron chi connectivity index (χ4n) is 1.35. The maximum atomic E-state index is 9.23. The molecule has 2 N–H and O–H groups in total. The van der Waals surface area contributed by atoms with Gasteiger partial charge in [0.2, 0.25) is 0 Å². The van der Waals surface area contributed by atoms with Crippen molar-refractivity contribution in [2.45, 2.75) is 0 Å². The van der Waals surface area contributed by atoms with Crippen LogP contribution in [0.3, 0.4) is 0 Å². The molecular weight excluding hydrogens is 238 g/mol. The Hall–Kier alpha value is -2.49. The van der Waals surface area contributed by atoms with Crippen molar-refractivity contribution in [3.63, 3.8) is 0 Å². The van der Waals surface area contributed by atoms with Crippen LogP contribution in [-0.4, -0.2) is 25.4 Å². The molecular formula is C15H19N3O. The lowest BCUT2D eigenvalue weighted by molar-refractivity contribution is 0.475. The maximum absolute atomic E-state index is 9.23. The lowest BCUT2D eigenvalue weighted by Gasteiger charge is -2.12. The Morgan fingerprint density at radius 3 is 2.63 bits per heavy atom. The number of benzene rings is 1. The number of phenolic OH excluding ortho intramolecular Hbond substituents is 1. The number of hydrogen-bond donors (Lipinski definition) is 2. The number of nitrogens with one attached hydrogen (secondary N) is 1. The van der Waals surface area contributed by atoms with Gasteiger partial charge in [-0.3, -0.25) is 5.01 Å². The van der Waals surface area contributed by atoms with Gasteiger partial charge in [0.15, 0.2) is 0 Å². The van der Waals surface area contributed by atoms with Crippen LogP contribution in [0.15, 0.2) is 65.9 Å². The molecule has 0 aliphatic carbocycles. The summed E-state index contributed by atoms with van der Waals surface area (Å²) in [7, 11) is 3.68. The van der Waals surface area contributed by atoms with Crippen molar-refractivity contribution in [2.75, 3.05) is 19.1 Å². The van der Waals surface area contributed by atoms with E-state index in [-0.39, 0.29) is 5.75 Å². The minimum Gasteiger partial charge on any atom is -0.508 e. The number of rotatable bonds is 6. The molecule has 1 rings (SSSR count). The van der Waals surface area contributed by atoms with Gasteiger partial charge in [-0.15, -0.1) is 0 Å². The summed E-state index contributed by atoms with van der Waals surface area (Å²) >= 11 is 0. The topological polar surface area (TPSA) is 47.9 Å². The quantitative estimate of drug-likeness (QED) is 0.468. The molecule has 0 amide bonds. The van der Waals surface area contributed by atoms with Crippen LogP contribution in [0.1, 0.15) is 0 Å². The summed E-state index contributed by atoms with van der Waals surface area (Å²) in [6.45, 7) is 3.67. The summed E-state index contributed by atoms with van der Waals surface area (Å²) in [4.78, 5) is 0. The molecule has 1 aromatic rings. The van der Waals surface area contributed by atoms with E-state index in [1.807, 2.05) is 32.4 Å². The van der Waals surface area contributed by atoms with Crippen LogP contribution in [0.5, 0.6) is 5.75 Å². The molecule has 0 saturated heterocycles. The molecule has 19 heavy (non-hydrogen) atoms. The Kier molecular flexibility index (Phi) is 5.95. The molecule has 4 heteroatoms. The second kappa shape index (κ2) is 7.76. The van der Waals surface area contributed by atoms with Gasteiger partial charge in [-0.1, -0.05) is 18.7 Å². The normalized spacial score (nSPS) is 12.0. The fraction of sp³-hybridized carbons (Fsp3) is 0.133. The molecule has 0 aromatic heterocycles. The van der Waals surface area contributed by atoms with Gasteiger partial charge in [0.05, 0.1) is 11.9 Å². The summed E-state index contributed by atoms with van der Waals surface area (Å²) < 4.78 is 0. The highest BCUT2D eigenvalue weighted by molar-refractivity contribution is 5.83. The van der Waals surface area contributed by atoms with E-state index >= 15 is 0 Å². The van der Waals surface area contributed by atoms with Crippen molar-refractivity contribution < 1.29 is 5.11 Å². The summed E-state index contributed by atoms with van der Waals surface area (Å²) in [6, 6.07) is 6.85. The zero-order chi connectivity index (χ0) is 14.1. The largest absolute Gasteiger partial charge is 0.508 e. The monoisotopic (exact) mass is 257 g/mol. The minimum absolute atomic E-state index is 0.241. The first-order chi connectivity index (χ1) is 9.17. The minimum atomic E-state index is 0.241. The molecule has 0 spiro atoms. The maximum Gasteiger partial charge on any atom is 0.115 e. The molecule has 1 aromatic carbocycles. The number of allylic oxidation sites excluding steroid dienone is 4. The van der Waals surface area contributed by atoms with E-state index in [2.05, 4.69) is 17.0 Å². The fourth-order valence-corrected chi connectivity index (χ4v) is 1.35. The van der Waals surface area contributed by atoms with Crippen LogP contribution in [0.4, 0.5) is 5.69 Å². The predicted octanol–water partition coefficient (Wildman–Crippen LogP) is 2.66. The summed E-state index contributed by atoms with van der Waals surface area (Å²) in [5.41, 5.74) is 1.82. The second-order valence-corrected chi connectivity index (χ2v) is 3.81. The summed E-state index contributed by atoms with van der Waals surface area (Å²) in [5, 5.41) is 18.2. The third-order valence-electron chi connectivity index (χ3n) is 2.36. The smallest absolute Gasteiger partial charge is 0.115 e. The third kappa shape index (κ3) is 5.12. The summed E-state index contributed by atoms with van der Waals surface area (Å²) in [5.74, 6) is 0.241. The van der Waals surface area contributed by atoms with Gasteiger partial charge < -0.3 is 10.4 Å². The SMILES string of the molecule is C=C/C=C(\C=C/NC)/C=N/N(C)c1ccc(O)cc1. The Bertz CT molecular complexity index is 487. The van der Waals surface area contributed by atoms with Crippen molar-refractivity contribution in [1.29, 1.82) is 0 Å². The van der Waals surface area contributed by atoms with Gasteiger partial charge in [-0.2, -0.15) is 5.10 Å². The highest BCUT2D eigenvalue weighted by Crippen LogP contribution is 2.17. The van der Waals surface area contributed by atoms with E-state index in [1.54, 1.807) is 41.6 Å². The van der Waals surface area contributed by atoms with Crippen LogP contribution in [0.2, 0.25) is 0 Å². The molecule has 4 nitrogen and oxygen atoms in total. The molecule has 0 radical (unpaired) electrons. The van der Waals surface area contributed by atoms with E-state index < -0.39 is 0 Å². The van der Waals surface area contributed by atoms with Crippen molar-refractivity contribution in [3.05, 3.63) is 60.8 Å². The van der Waals surface area contributed by atoms with Gasteiger partial charge in [-0.25, -0.2) is 0 Å². The number of hydrogen-bond acceptors (Lipinski definition) is 4.